The lowest BCUT2D eigenvalue weighted by Gasteiger charge is -2.28. The number of carbonyl (C=O) groups excluding carboxylic acids is 2. The first-order chi connectivity index (χ1) is 10.2. The van der Waals surface area contributed by atoms with E-state index in [0.717, 1.165) is 0 Å². The van der Waals surface area contributed by atoms with Crippen LogP contribution in [0.3, 0.4) is 0 Å². The molecule has 0 saturated heterocycles. The molecule has 0 unspecified atom stereocenters. The van der Waals surface area contributed by atoms with Crippen LogP contribution in [0.25, 0.3) is 0 Å². The van der Waals surface area contributed by atoms with E-state index >= 15 is 0 Å². The fourth-order valence-electron chi connectivity index (χ4n) is 1.98. The molecule has 5 nitrogen and oxygen atoms in total. The van der Waals surface area contributed by atoms with Crippen molar-refractivity contribution in [1.82, 2.24) is 0 Å². The molecule has 1 N–H and O–H groups in total. The third-order valence-corrected chi connectivity index (χ3v) is 4.03. The predicted octanol–water partition coefficient (Wildman–Crippen LogP) is 2.22. The molecule has 0 saturated carbocycles. The number of benzene rings is 1. The maximum atomic E-state index is 13.5. The second-order valence-electron chi connectivity index (χ2n) is 4.54. The van der Waals surface area contributed by atoms with Crippen molar-refractivity contribution in [1.29, 1.82) is 0 Å². The number of rotatable bonds is 1. The lowest BCUT2D eigenvalue weighted by atomic mass is 10.0. The van der Waals surface area contributed by atoms with Gasteiger partial charge in [0, 0.05) is 5.56 Å². The Hall–Kier alpha value is -1.95. The summed E-state index contributed by atoms with van der Waals surface area (Å²) in [6.07, 6.45) is 0. The van der Waals surface area contributed by atoms with Gasteiger partial charge in [0.2, 0.25) is 11.6 Å². The van der Waals surface area contributed by atoms with E-state index in [0.29, 0.717) is 18.2 Å². The number of hydrogen-bond acceptors (Lipinski definition) is 4. The van der Waals surface area contributed by atoms with Crippen LogP contribution >= 0.6 is 0 Å². The van der Waals surface area contributed by atoms with Crippen LogP contribution in [0.15, 0.2) is 23.1 Å². The number of carbonyl (C=O) groups is 2. The lowest BCUT2D eigenvalue weighted by Crippen LogP contribution is -2.59. The average molecular weight is 362 g/mol. The molecule has 0 fully saturated rings. The molecule has 1 aromatic carbocycles. The molecule has 0 aliphatic heterocycles. The Kier molecular flexibility index (Phi) is 3.43. The molecule has 0 heterocycles. The van der Waals surface area contributed by atoms with Crippen molar-refractivity contribution in [2.75, 3.05) is 0 Å². The quantitative estimate of drug-likeness (QED) is 0.470. The highest BCUT2D eigenvalue weighted by Crippen LogP contribution is 2.51. The van der Waals surface area contributed by atoms with Crippen LogP contribution in [-0.2, 0) is 10.1 Å². The molecule has 1 aliphatic carbocycles. The summed E-state index contributed by atoms with van der Waals surface area (Å²) < 4.78 is 112. The molecular formula is C11H4F6O5S. The van der Waals surface area contributed by atoms with Crippen LogP contribution in [0.1, 0.15) is 20.7 Å². The number of hydrogen-bond donors (Lipinski definition) is 1. The molecule has 0 amide bonds. The smallest absolute Gasteiger partial charge is 0.287 e. The van der Waals surface area contributed by atoms with Gasteiger partial charge < -0.3 is 0 Å². The first kappa shape index (κ1) is 17.4. The van der Waals surface area contributed by atoms with Crippen LogP contribution < -0.4 is 0 Å². The van der Waals surface area contributed by atoms with Gasteiger partial charge in [-0.05, 0) is 6.07 Å². The second-order valence-corrected chi connectivity index (χ2v) is 5.93. The summed E-state index contributed by atoms with van der Waals surface area (Å²) in [6.45, 7) is 0. The first-order valence-electron chi connectivity index (χ1n) is 5.51. The summed E-state index contributed by atoms with van der Waals surface area (Å²) in [4.78, 5) is 21.4. The zero-order valence-electron chi connectivity index (χ0n) is 10.5. The molecule has 2 rings (SSSR count). The molecule has 1 aromatic rings. The summed E-state index contributed by atoms with van der Waals surface area (Å²) in [7, 11) is -5.44. The van der Waals surface area contributed by atoms with Gasteiger partial charge in [-0.3, -0.25) is 14.1 Å². The molecule has 1 aliphatic rings. The summed E-state index contributed by atoms with van der Waals surface area (Å²) in [5.74, 6) is -24.3. The molecule has 0 atom stereocenters. The van der Waals surface area contributed by atoms with Crippen molar-refractivity contribution < 1.29 is 48.9 Å². The monoisotopic (exact) mass is 362 g/mol. The Balaban J connectivity index is 3.02. The van der Waals surface area contributed by atoms with E-state index in [9.17, 15) is 44.3 Å². The Bertz CT molecular complexity index is 829. The van der Waals surface area contributed by atoms with E-state index in [4.69, 9.17) is 4.55 Å². The second kappa shape index (κ2) is 4.54. The van der Waals surface area contributed by atoms with Gasteiger partial charge in [-0.1, -0.05) is 12.1 Å². The minimum absolute atomic E-state index is 0.301. The van der Waals surface area contributed by atoms with Gasteiger partial charge in [0.15, 0.2) is 0 Å². The maximum Gasteiger partial charge on any atom is 0.387 e. The topological polar surface area (TPSA) is 88.5 Å². The highest BCUT2D eigenvalue weighted by Gasteiger charge is 2.79. The van der Waals surface area contributed by atoms with E-state index < -0.39 is 55.5 Å². The Morgan fingerprint density at radius 3 is 1.83 bits per heavy atom. The minimum Gasteiger partial charge on any atom is -0.287 e. The number of fused-ring (bicyclic) bond motifs is 1. The van der Waals surface area contributed by atoms with Crippen molar-refractivity contribution in [2.24, 2.45) is 0 Å². The minimum atomic E-state index is -6.40. The van der Waals surface area contributed by atoms with Gasteiger partial charge in [0.05, 0.1) is 5.56 Å². The van der Waals surface area contributed by atoms with Crippen molar-refractivity contribution >= 4 is 21.7 Å². The molecule has 126 valence electrons. The van der Waals surface area contributed by atoms with Gasteiger partial charge in [-0.2, -0.15) is 34.8 Å². The summed E-state index contributed by atoms with van der Waals surface area (Å²) >= 11 is 0. The molecule has 12 heteroatoms. The largest absolute Gasteiger partial charge is 0.387 e. The van der Waals surface area contributed by atoms with Crippen LogP contribution in [0.4, 0.5) is 26.3 Å². The zero-order valence-corrected chi connectivity index (χ0v) is 11.3. The molecule has 23 heavy (non-hydrogen) atoms. The van der Waals surface area contributed by atoms with E-state index in [1.54, 1.807) is 0 Å². The Morgan fingerprint density at radius 1 is 0.870 bits per heavy atom. The van der Waals surface area contributed by atoms with E-state index in [1.165, 1.54) is 0 Å². The summed E-state index contributed by atoms with van der Waals surface area (Å²) in [5, 5.41) is 0. The SMILES string of the molecule is O=C1c2cccc(S(=O)(=O)O)c2C(=O)C(F)(F)C(F)(F)C1(F)F. The highest BCUT2D eigenvalue weighted by molar-refractivity contribution is 7.86. The molecule has 0 spiro atoms. The van der Waals surface area contributed by atoms with E-state index in [2.05, 4.69) is 0 Å². The fourth-order valence-corrected chi connectivity index (χ4v) is 2.69. The first-order valence-corrected chi connectivity index (χ1v) is 6.95. The molecular weight excluding hydrogens is 358 g/mol. The highest BCUT2D eigenvalue weighted by atomic mass is 32.2. The van der Waals surface area contributed by atoms with Crippen molar-refractivity contribution in [3.63, 3.8) is 0 Å². The van der Waals surface area contributed by atoms with Crippen LogP contribution in [0.2, 0.25) is 0 Å². The summed E-state index contributed by atoms with van der Waals surface area (Å²) in [6, 6.07) is 1.18. The third kappa shape index (κ3) is 2.08. The van der Waals surface area contributed by atoms with Crippen molar-refractivity contribution in [2.45, 2.75) is 22.7 Å². The fraction of sp³-hybridized carbons (Fsp3) is 0.273. The Labute approximate surface area is 123 Å². The van der Waals surface area contributed by atoms with Gasteiger partial charge in [-0.25, -0.2) is 0 Å². The number of ketones is 2. The average Bonchev–Trinajstić information content (AvgIpc) is 2.44. The standard InChI is InChI=1S/C11H4F6O5S/c12-9(13)7(18)4-2-1-3-5(23(20,21)22)6(4)8(19)10(14,15)11(9,16)17/h1-3H,(H,20,21,22). The van der Waals surface area contributed by atoms with Crippen LogP contribution in [-0.4, -0.2) is 42.3 Å². The predicted molar refractivity (Wildman–Crippen MR) is 59.8 cm³/mol. The lowest BCUT2D eigenvalue weighted by molar-refractivity contribution is -0.266. The normalized spacial score (nSPS) is 22.4. The molecule has 0 aromatic heterocycles. The third-order valence-electron chi connectivity index (χ3n) is 3.13. The number of alkyl halides is 6. The number of Topliss-reactive ketones (excluding diaryl/α,β-unsaturated/α-hetero) is 2. The maximum absolute atomic E-state index is 13.5. The van der Waals surface area contributed by atoms with Crippen molar-refractivity contribution in [3.05, 3.63) is 29.3 Å². The van der Waals surface area contributed by atoms with Gasteiger partial charge in [0.25, 0.3) is 10.1 Å². The van der Waals surface area contributed by atoms with E-state index in [-0.39, 0.29) is 0 Å². The van der Waals surface area contributed by atoms with Crippen LogP contribution in [0.5, 0.6) is 0 Å². The summed E-state index contributed by atoms with van der Waals surface area (Å²) in [5.41, 5.74) is -3.58. The molecule has 0 bridgehead atoms. The van der Waals surface area contributed by atoms with Crippen molar-refractivity contribution in [3.8, 4) is 0 Å². The van der Waals surface area contributed by atoms with Gasteiger partial charge in [0.1, 0.15) is 4.90 Å². The van der Waals surface area contributed by atoms with Gasteiger partial charge in [-0.15, -0.1) is 0 Å². The Morgan fingerprint density at radius 2 is 1.35 bits per heavy atom. The van der Waals surface area contributed by atoms with Gasteiger partial charge >= 0.3 is 17.8 Å². The molecule has 0 radical (unpaired) electrons. The zero-order chi connectivity index (χ0) is 18.0. The number of halogens is 6. The van der Waals surface area contributed by atoms with Crippen LogP contribution in [0, 0.1) is 0 Å². The van der Waals surface area contributed by atoms with E-state index in [1.807, 2.05) is 0 Å².